The van der Waals surface area contributed by atoms with Gasteiger partial charge in [-0.1, -0.05) is 251 Å². The van der Waals surface area contributed by atoms with E-state index in [2.05, 4.69) is 154 Å². The lowest BCUT2D eigenvalue weighted by Crippen LogP contribution is -2.30. The van der Waals surface area contributed by atoms with Gasteiger partial charge >= 0.3 is 11.9 Å². The van der Waals surface area contributed by atoms with Gasteiger partial charge in [-0.05, 0) is 135 Å². The van der Waals surface area contributed by atoms with E-state index in [1.54, 1.807) is 0 Å². The average molecular weight is 1020 g/mol. The zero-order valence-electron chi connectivity index (χ0n) is 48.3. The third-order valence-corrected chi connectivity index (χ3v) is 12.7. The topological polar surface area (TPSA) is 61.8 Å². The summed E-state index contributed by atoms with van der Waals surface area (Å²) in [4.78, 5) is 25.6. The summed E-state index contributed by atoms with van der Waals surface area (Å²) in [5, 5.41) is 0. The van der Waals surface area contributed by atoms with Crippen LogP contribution >= 0.6 is 0 Å². The summed E-state index contributed by atoms with van der Waals surface area (Å²) in [6, 6.07) is 0. The molecule has 0 aliphatic heterocycles. The summed E-state index contributed by atoms with van der Waals surface area (Å²) in [6.07, 6.45) is 90.5. The standard InChI is InChI=1S/C69H114O5/c1-4-7-10-13-16-19-22-25-28-31-34-37-40-43-46-49-52-55-58-61-64-72-65-67(74-69(71)63-60-57-54-51-48-45-42-39-36-33-30-27-24-21-18-15-12-9-6-3)66-73-68(70)62-59-56-53-50-47-44-41-38-35-32-29-26-23-20-17-14-11-8-5-2/h8-9,11-12,16-21,25-30,35-36,38-39,44,47,67H,4-7,10,13-15,22-24,31-34,37,40-43,45-46,48-66H2,1-3H3/b11-8-,12-9-,19-16-,20-17-,21-18-,28-25-,29-26-,30-27-,38-35-,39-36-,47-44-. The lowest BCUT2D eigenvalue weighted by molar-refractivity contribution is -0.163. The molecule has 0 N–H and O–H groups in total. The highest BCUT2D eigenvalue weighted by Crippen LogP contribution is 2.14. The number of carbonyl (C=O) groups is 2. The predicted octanol–water partition coefficient (Wildman–Crippen LogP) is 21.5. The van der Waals surface area contributed by atoms with Gasteiger partial charge in [-0.15, -0.1) is 0 Å². The van der Waals surface area contributed by atoms with Gasteiger partial charge in [0.15, 0.2) is 6.10 Å². The molecule has 0 spiro atoms. The van der Waals surface area contributed by atoms with E-state index in [4.69, 9.17) is 14.2 Å². The van der Waals surface area contributed by atoms with E-state index < -0.39 is 6.10 Å². The fraction of sp³-hybridized carbons (Fsp3) is 0.652. The largest absolute Gasteiger partial charge is 0.462 e. The van der Waals surface area contributed by atoms with Crippen LogP contribution in [-0.4, -0.2) is 37.9 Å². The van der Waals surface area contributed by atoms with Crippen molar-refractivity contribution in [2.75, 3.05) is 19.8 Å². The van der Waals surface area contributed by atoms with Crippen LogP contribution in [0.3, 0.4) is 0 Å². The van der Waals surface area contributed by atoms with Crippen molar-refractivity contribution in [3.8, 4) is 0 Å². The molecule has 420 valence electrons. The Hall–Kier alpha value is -3.96. The molecule has 5 nitrogen and oxygen atoms in total. The van der Waals surface area contributed by atoms with E-state index in [9.17, 15) is 9.59 Å². The maximum atomic E-state index is 12.9. The Morgan fingerprint density at radius 1 is 0.311 bits per heavy atom. The molecule has 0 aliphatic rings. The lowest BCUT2D eigenvalue weighted by Gasteiger charge is -2.18. The molecule has 0 aromatic heterocycles. The highest BCUT2D eigenvalue weighted by Gasteiger charge is 2.17. The number of unbranched alkanes of at least 4 members (excludes halogenated alkanes) is 22. The van der Waals surface area contributed by atoms with Crippen LogP contribution in [0.5, 0.6) is 0 Å². The molecule has 0 saturated heterocycles. The van der Waals surface area contributed by atoms with Gasteiger partial charge in [-0.2, -0.15) is 0 Å². The fourth-order valence-corrected chi connectivity index (χ4v) is 8.15. The Kier molecular flexibility index (Phi) is 59.9. The first-order valence-corrected chi connectivity index (χ1v) is 30.7. The molecule has 1 unspecified atom stereocenters. The van der Waals surface area contributed by atoms with Crippen molar-refractivity contribution in [1.29, 1.82) is 0 Å². The third kappa shape index (κ3) is 60.6. The van der Waals surface area contributed by atoms with Crippen molar-refractivity contribution in [2.45, 2.75) is 271 Å². The van der Waals surface area contributed by atoms with Crippen LogP contribution in [0.25, 0.3) is 0 Å². The maximum absolute atomic E-state index is 12.9. The van der Waals surface area contributed by atoms with Crippen LogP contribution in [0.1, 0.15) is 265 Å². The summed E-state index contributed by atoms with van der Waals surface area (Å²) in [5.41, 5.74) is 0. The van der Waals surface area contributed by atoms with E-state index in [0.29, 0.717) is 19.4 Å². The van der Waals surface area contributed by atoms with Crippen molar-refractivity contribution >= 4 is 11.9 Å². The summed E-state index contributed by atoms with van der Waals surface area (Å²) >= 11 is 0. The van der Waals surface area contributed by atoms with Crippen LogP contribution < -0.4 is 0 Å². The molecule has 0 radical (unpaired) electrons. The highest BCUT2D eigenvalue weighted by atomic mass is 16.6. The van der Waals surface area contributed by atoms with Crippen LogP contribution in [0, 0.1) is 0 Å². The predicted molar refractivity (Wildman–Crippen MR) is 325 cm³/mol. The molecule has 0 aliphatic carbocycles. The first-order chi connectivity index (χ1) is 36.6. The molecule has 0 aromatic carbocycles. The Bertz CT molecular complexity index is 1530. The minimum atomic E-state index is -0.571. The van der Waals surface area contributed by atoms with E-state index >= 15 is 0 Å². The van der Waals surface area contributed by atoms with Crippen molar-refractivity contribution in [3.63, 3.8) is 0 Å². The zero-order chi connectivity index (χ0) is 53.4. The summed E-state index contributed by atoms with van der Waals surface area (Å²) in [5.74, 6) is -0.454. The maximum Gasteiger partial charge on any atom is 0.306 e. The van der Waals surface area contributed by atoms with Gasteiger partial charge in [0.25, 0.3) is 0 Å². The minimum Gasteiger partial charge on any atom is -0.462 e. The van der Waals surface area contributed by atoms with Crippen LogP contribution in [0.4, 0.5) is 0 Å². The van der Waals surface area contributed by atoms with Crippen molar-refractivity contribution in [1.82, 2.24) is 0 Å². The quantitative estimate of drug-likeness (QED) is 0.0345. The van der Waals surface area contributed by atoms with Crippen LogP contribution in [0.15, 0.2) is 134 Å². The molecule has 0 saturated carbocycles. The normalized spacial score (nSPS) is 13.2. The number of allylic oxidation sites excluding steroid dienone is 22. The Balaban J connectivity index is 4.40. The van der Waals surface area contributed by atoms with Crippen molar-refractivity contribution in [3.05, 3.63) is 134 Å². The average Bonchev–Trinajstić information content (AvgIpc) is 3.40. The third-order valence-electron chi connectivity index (χ3n) is 12.7. The highest BCUT2D eigenvalue weighted by molar-refractivity contribution is 5.70. The van der Waals surface area contributed by atoms with Crippen LogP contribution in [-0.2, 0) is 23.8 Å². The Morgan fingerprint density at radius 2 is 0.608 bits per heavy atom. The van der Waals surface area contributed by atoms with Crippen LogP contribution in [0.2, 0.25) is 0 Å². The van der Waals surface area contributed by atoms with Gasteiger partial charge in [0.2, 0.25) is 0 Å². The summed E-state index contributed by atoms with van der Waals surface area (Å²) < 4.78 is 17.5. The molecule has 0 rings (SSSR count). The van der Waals surface area contributed by atoms with E-state index in [0.717, 1.165) is 128 Å². The van der Waals surface area contributed by atoms with E-state index in [-0.39, 0.29) is 25.2 Å². The number of hydrogen-bond acceptors (Lipinski definition) is 5. The molecule has 0 amide bonds. The van der Waals surface area contributed by atoms with Gasteiger partial charge in [-0.25, -0.2) is 0 Å². The smallest absolute Gasteiger partial charge is 0.306 e. The number of esters is 2. The number of rotatable bonds is 55. The van der Waals surface area contributed by atoms with Gasteiger partial charge in [-0.3, -0.25) is 9.59 Å². The second-order valence-corrected chi connectivity index (χ2v) is 19.8. The lowest BCUT2D eigenvalue weighted by atomic mass is 10.1. The molecule has 0 heterocycles. The molecular formula is C69H114O5. The Morgan fingerprint density at radius 3 is 0.986 bits per heavy atom. The minimum absolute atomic E-state index is 0.0530. The molecule has 74 heavy (non-hydrogen) atoms. The Labute approximate surface area is 458 Å². The SMILES string of the molecule is CC/C=C\C/C=C\C/C=C\C/C=C\C/C=C\CCCCCC(=O)OCC(COCCCCCCCCCCCC/C=C\C/C=C\CCCCC)OC(=O)CCCCCCCC/C=C\C/C=C\C/C=C\C/C=C\CC. The molecule has 5 heteroatoms. The van der Waals surface area contributed by atoms with Gasteiger partial charge in [0.05, 0.1) is 6.61 Å². The molecule has 0 aromatic rings. The van der Waals surface area contributed by atoms with Gasteiger partial charge < -0.3 is 14.2 Å². The van der Waals surface area contributed by atoms with Gasteiger partial charge in [0.1, 0.15) is 6.61 Å². The number of carbonyl (C=O) groups excluding carboxylic acids is 2. The first kappa shape index (κ1) is 70.0. The molecule has 0 fully saturated rings. The number of hydrogen-bond donors (Lipinski definition) is 0. The molecular weight excluding hydrogens is 909 g/mol. The summed E-state index contributed by atoms with van der Waals surface area (Å²) in [6.45, 7) is 7.53. The molecule has 0 bridgehead atoms. The second-order valence-electron chi connectivity index (χ2n) is 19.8. The monoisotopic (exact) mass is 1020 g/mol. The van der Waals surface area contributed by atoms with Crippen molar-refractivity contribution < 1.29 is 23.8 Å². The first-order valence-electron chi connectivity index (χ1n) is 30.7. The van der Waals surface area contributed by atoms with Crippen molar-refractivity contribution in [2.24, 2.45) is 0 Å². The van der Waals surface area contributed by atoms with E-state index in [1.165, 1.54) is 103 Å². The zero-order valence-corrected chi connectivity index (χ0v) is 48.3. The van der Waals surface area contributed by atoms with E-state index in [1.807, 2.05) is 0 Å². The fourth-order valence-electron chi connectivity index (χ4n) is 8.15. The second kappa shape index (κ2) is 63.3. The molecule has 1 atom stereocenters. The van der Waals surface area contributed by atoms with Gasteiger partial charge in [0, 0.05) is 19.4 Å². The number of ether oxygens (including phenoxy) is 3. The summed E-state index contributed by atoms with van der Waals surface area (Å²) in [7, 11) is 0.